The van der Waals surface area contributed by atoms with Crippen molar-refractivity contribution in [2.75, 3.05) is 0 Å². The van der Waals surface area contributed by atoms with Gasteiger partial charge in [-0.2, -0.15) is 0 Å². The van der Waals surface area contributed by atoms with Crippen LogP contribution in [0.3, 0.4) is 0 Å². The monoisotopic (exact) mass is 762 g/mol. The predicted octanol–water partition coefficient (Wildman–Crippen LogP) is 9.82. The van der Waals surface area contributed by atoms with Gasteiger partial charge in [0.15, 0.2) is 5.78 Å². The summed E-state index contributed by atoms with van der Waals surface area (Å²) >= 11 is 6.12. The molecular weight excluding hydrogens is 704 g/mol. The van der Waals surface area contributed by atoms with E-state index in [0.717, 1.165) is 56.1 Å². The Bertz CT molecular complexity index is 1880. The number of halogens is 1. The summed E-state index contributed by atoms with van der Waals surface area (Å²) in [4.78, 5) is 39.0. The zero-order valence-corrected chi connectivity index (χ0v) is 34.3. The Balaban J connectivity index is 1.19. The van der Waals surface area contributed by atoms with E-state index in [0.29, 0.717) is 34.7 Å². The molecule has 0 amide bonds. The van der Waals surface area contributed by atoms with Gasteiger partial charge < -0.3 is 19.4 Å². The molecule has 2 N–H and O–H groups in total. The number of Topliss-reactive ketones (excluding diaryl/α,β-unsaturated/α-hetero) is 1. The minimum absolute atomic E-state index is 0.0175. The standard InChI is InChI=1S/C44H59ClN2O7/c1-24(2)33-28(48)22-44(35(50)37-47-46-36(54-37)25-10-12-26(45)13-11-25)21-20-42(8)27(34(33)44)14-15-30-41(7)18-17-31(53-32(49)23-39(3,4)38(51)52)40(5,6)29(41)16-19-43(30,42)9/h10-13,24,27,29-31,35,50H,14-23H2,1-9H3,(H,51,52)/t27-,29+,30-,31+,35+,41+,42-,43-,44-/m1/s1. The molecule has 4 fully saturated rings. The lowest BCUT2D eigenvalue weighted by atomic mass is 9.33. The van der Waals surface area contributed by atoms with Gasteiger partial charge in [-0.1, -0.05) is 60.1 Å². The summed E-state index contributed by atoms with van der Waals surface area (Å²) in [6.07, 6.45) is 5.95. The van der Waals surface area contributed by atoms with E-state index in [-0.39, 0.29) is 64.1 Å². The number of rotatable bonds is 8. The summed E-state index contributed by atoms with van der Waals surface area (Å²) in [5, 5.41) is 31.3. The van der Waals surface area contributed by atoms with Crippen molar-refractivity contribution in [1.82, 2.24) is 10.2 Å². The molecule has 54 heavy (non-hydrogen) atoms. The number of carboxylic acids is 1. The van der Waals surface area contributed by atoms with E-state index in [1.807, 2.05) is 12.1 Å². The number of ether oxygens (including phenoxy) is 1. The third-order valence-corrected chi connectivity index (χ3v) is 16.4. The number of aliphatic carboxylic acids is 1. The third kappa shape index (κ3) is 5.67. The van der Waals surface area contributed by atoms with Crippen LogP contribution >= 0.6 is 11.6 Å². The number of aliphatic hydroxyl groups excluding tert-OH is 1. The second-order valence-corrected chi connectivity index (χ2v) is 20.3. The molecule has 0 aliphatic heterocycles. The third-order valence-electron chi connectivity index (χ3n) is 16.2. The van der Waals surface area contributed by atoms with Crippen molar-refractivity contribution >= 4 is 29.3 Å². The molecule has 5 aliphatic rings. The highest BCUT2D eigenvalue weighted by Gasteiger charge is 2.71. The van der Waals surface area contributed by atoms with Gasteiger partial charge in [-0.15, -0.1) is 10.2 Å². The normalized spacial score (nSPS) is 36.6. The number of ketones is 1. The molecule has 5 aliphatic carbocycles. The average molecular weight is 763 g/mol. The van der Waals surface area contributed by atoms with Gasteiger partial charge in [0.25, 0.3) is 0 Å². The Morgan fingerprint density at radius 3 is 2.28 bits per heavy atom. The molecule has 1 aromatic heterocycles. The fraction of sp³-hybridized carbons (Fsp3) is 0.705. The second-order valence-electron chi connectivity index (χ2n) is 19.9. The highest BCUT2D eigenvalue weighted by Crippen LogP contribution is 2.77. The zero-order chi connectivity index (χ0) is 39.4. The van der Waals surface area contributed by atoms with Crippen LogP contribution < -0.4 is 0 Å². The van der Waals surface area contributed by atoms with E-state index >= 15 is 0 Å². The minimum atomic E-state index is -1.18. The summed E-state index contributed by atoms with van der Waals surface area (Å²) in [6.45, 7) is 19.3. The van der Waals surface area contributed by atoms with Gasteiger partial charge in [0.1, 0.15) is 12.2 Å². The summed E-state index contributed by atoms with van der Waals surface area (Å²) in [5.74, 6) is 0.0702. The van der Waals surface area contributed by atoms with Crippen molar-refractivity contribution in [3.05, 3.63) is 46.3 Å². The molecule has 2 aromatic rings. The molecule has 7 rings (SSSR count). The maximum Gasteiger partial charge on any atom is 0.309 e. The highest BCUT2D eigenvalue weighted by atomic mass is 35.5. The summed E-state index contributed by atoms with van der Waals surface area (Å²) in [6, 6.07) is 7.16. The number of benzene rings is 1. The van der Waals surface area contributed by atoms with Gasteiger partial charge in [0.2, 0.25) is 11.8 Å². The van der Waals surface area contributed by atoms with E-state index in [1.165, 1.54) is 0 Å². The van der Waals surface area contributed by atoms with Gasteiger partial charge in [-0.25, -0.2) is 0 Å². The molecule has 9 nitrogen and oxygen atoms in total. The maximum atomic E-state index is 14.1. The van der Waals surface area contributed by atoms with Gasteiger partial charge in [-0.3, -0.25) is 14.4 Å². The molecule has 294 valence electrons. The number of esters is 1. The lowest BCUT2D eigenvalue weighted by Crippen LogP contribution is -2.66. The van der Waals surface area contributed by atoms with Gasteiger partial charge >= 0.3 is 11.9 Å². The zero-order valence-electron chi connectivity index (χ0n) is 33.6. The Kier molecular flexibility index (Phi) is 9.44. The molecule has 0 radical (unpaired) electrons. The Morgan fingerprint density at radius 1 is 0.944 bits per heavy atom. The number of aromatic nitrogens is 2. The molecule has 1 aromatic carbocycles. The number of carboxylic acid groups (broad SMARTS) is 1. The van der Waals surface area contributed by atoms with Crippen molar-refractivity contribution < 1.29 is 33.8 Å². The second kappa shape index (κ2) is 13.0. The molecule has 10 heteroatoms. The van der Waals surface area contributed by atoms with Crippen LogP contribution in [-0.2, 0) is 19.1 Å². The lowest BCUT2D eigenvalue weighted by molar-refractivity contribution is -0.235. The number of hydrogen-bond acceptors (Lipinski definition) is 8. The topological polar surface area (TPSA) is 140 Å². The van der Waals surface area contributed by atoms with Gasteiger partial charge in [0.05, 0.1) is 11.8 Å². The minimum Gasteiger partial charge on any atom is -0.481 e. The van der Waals surface area contributed by atoms with E-state index in [4.69, 9.17) is 20.8 Å². The van der Waals surface area contributed by atoms with Crippen LogP contribution in [0.2, 0.25) is 5.02 Å². The number of carbonyl (C=O) groups is 3. The van der Waals surface area contributed by atoms with Crippen LogP contribution in [0.5, 0.6) is 0 Å². The van der Waals surface area contributed by atoms with Crippen LogP contribution in [0.15, 0.2) is 39.8 Å². The predicted molar refractivity (Wildman–Crippen MR) is 205 cm³/mol. The quantitative estimate of drug-likeness (QED) is 0.252. The summed E-state index contributed by atoms with van der Waals surface area (Å²) in [5.41, 5.74) is 0.385. The molecule has 9 atom stereocenters. The highest BCUT2D eigenvalue weighted by molar-refractivity contribution is 6.30. The van der Waals surface area contributed by atoms with Crippen LogP contribution in [0.25, 0.3) is 11.5 Å². The van der Waals surface area contributed by atoms with Gasteiger partial charge in [-0.05, 0) is 141 Å². The number of allylic oxidation sites excluding steroid dienone is 1. The lowest BCUT2D eigenvalue weighted by Gasteiger charge is -2.72. The number of fused-ring (bicyclic) bond motifs is 7. The summed E-state index contributed by atoms with van der Waals surface area (Å²) in [7, 11) is 0. The Hall–Kier alpha value is -3.04. The van der Waals surface area contributed by atoms with Crippen molar-refractivity contribution in [2.24, 2.45) is 56.2 Å². The number of hydrogen-bond donors (Lipinski definition) is 2. The Morgan fingerprint density at radius 2 is 1.63 bits per heavy atom. The maximum absolute atomic E-state index is 14.1. The molecule has 4 saturated carbocycles. The van der Waals surface area contributed by atoms with Crippen LogP contribution in [-0.4, -0.2) is 44.2 Å². The van der Waals surface area contributed by atoms with Crippen molar-refractivity contribution in [2.45, 2.75) is 139 Å². The molecule has 1 heterocycles. The first-order chi connectivity index (χ1) is 25.1. The fourth-order valence-corrected chi connectivity index (χ4v) is 13.2. The number of nitrogens with zero attached hydrogens (tertiary/aromatic N) is 2. The molecule has 0 unspecified atom stereocenters. The largest absolute Gasteiger partial charge is 0.481 e. The van der Waals surface area contributed by atoms with Crippen LogP contribution in [0, 0.1) is 56.2 Å². The van der Waals surface area contributed by atoms with Crippen molar-refractivity contribution in [3.63, 3.8) is 0 Å². The first-order valence-electron chi connectivity index (χ1n) is 20.1. The average Bonchev–Trinajstić information content (AvgIpc) is 3.69. The first-order valence-corrected chi connectivity index (χ1v) is 20.5. The Labute approximate surface area is 325 Å². The summed E-state index contributed by atoms with van der Waals surface area (Å²) < 4.78 is 12.3. The van der Waals surface area contributed by atoms with E-state index in [2.05, 4.69) is 58.7 Å². The van der Waals surface area contributed by atoms with Crippen LogP contribution in [0.1, 0.15) is 139 Å². The molecule has 0 bridgehead atoms. The van der Waals surface area contributed by atoms with Crippen LogP contribution in [0.4, 0.5) is 0 Å². The fourth-order valence-electron chi connectivity index (χ4n) is 13.1. The molecule has 0 spiro atoms. The molecular formula is C44H59ClN2O7. The van der Waals surface area contributed by atoms with E-state index in [1.54, 1.807) is 26.0 Å². The van der Waals surface area contributed by atoms with E-state index in [9.17, 15) is 24.6 Å². The van der Waals surface area contributed by atoms with Crippen molar-refractivity contribution in [1.29, 1.82) is 0 Å². The van der Waals surface area contributed by atoms with Crippen molar-refractivity contribution in [3.8, 4) is 11.5 Å². The molecule has 0 saturated heterocycles. The number of aliphatic hydroxyl groups is 1. The SMILES string of the molecule is CC(C)C1=C2[C@H]3CC[C@@H]4[C@@]5(C)CC[C@H](OC(=O)CC(C)(C)C(=O)O)C(C)(C)[C@@H]5CC[C@@]4(C)[C@]3(C)CC[C@@]2([C@@H](O)c2nnc(-c3ccc(Cl)cc3)o2)CC1=O. The first kappa shape index (κ1) is 39.2. The van der Waals surface area contributed by atoms with E-state index < -0.39 is 28.9 Å². The smallest absolute Gasteiger partial charge is 0.309 e. The van der Waals surface area contributed by atoms with Gasteiger partial charge in [0, 0.05) is 27.8 Å². The number of carbonyl (C=O) groups excluding carboxylic acids is 2.